The van der Waals surface area contributed by atoms with Gasteiger partial charge < -0.3 is 4.42 Å². The van der Waals surface area contributed by atoms with Crippen molar-refractivity contribution in [2.24, 2.45) is 5.92 Å². The minimum atomic E-state index is -3.13. The first-order valence-electron chi connectivity index (χ1n) is 8.27. The zero-order valence-corrected chi connectivity index (χ0v) is 14.7. The van der Waals surface area contributed by atoms with Crippen LogP contribution in [0.25, 0.3) is 0 Å². The minimum absolute atomic E-state index is 0.119. The average molecular weight is 352 g/mol. The maximum absolute atomic E-state index is 11.6. The van der Waals surface area contributed by atoms with Crippen molar-refractivity contribution in [2.45, 2.75) is 33.0 Å². The van der Waals surface area contributed by atoms with Crippen molar-refractivity contribution in [3.63, 3.8) is 0 Å². The van der Waals surface area contributed by atoms with Crippen LogP contribution in [0, 0.1) is 5.92 Å². The quantitative estimate of drug-likeness (QED) is 0.815. The molecule has 0 bridgehead atoms. The van der Waals surface area contributed by atoms with Gasteiger partial charge in [0.2, 0.25) is 10.0 Å². The van der Waals surface area contributed by atoms with Gasteiger partial charge in [0.1, 0.15) is 0 Å². The Kier molecular flexibility index (Phi) is 5.37. The average Bonchev–Trinajstić information content (AvgIpc) is 3.17. The summed E-state index contributed by atoms with van der Waals surface area (Å²) in [6.45, 7) is 5.50. The zero-order valence-electron chi connectivity index (χ0n) is 13.9. The molecule has 2 aromatic rings. The molecule has 3 rings (SSSR count). The van der Waals surface area contributed by atoms with Crippen molar-refractivity contribution in [1.29, 1.82) is 0 Å². The lowest BCUT2D eigenvalue weighted by Crippen LogP contribution is -2.32. The van der Waals surface area contributed by atoms with Crippen LogP contribution >= 0.6 is 0 Å². The Hall–Kier alpha value is -1.64. The summed E-state index contributed by atoms with van der Waals surface area (Å²) in [6.07, 6.45) is 6.08. The van der Waals surface area contributed by atoms with Crippen LogP contribution in [0.2, 0.25) is 0 Å². The number of sulfonamides is 1. The summed E-state index contributed by atoms with van der Waals surface area (Å²) in [5.74, 6) is 0.464. The van der Waals surface area contributed by atoms with Crippen molar-refractivity contribution in [2.75, 3.05) is 18.8 Å². The molecule has 1 aliphatic rings. The Bertz CT molecular complexity index is 739. The molecule has 2 aromatic heterocycles. The van der Waals surface area contributed by atoms with Crippen LogP contribution in [0.3, 0.4) is 0 Å². The Labute approximate surface area is 142 Å². The molecule has 0 radical (unpaired) electrons. The molecule has 0 saturated carbocycles. The van der Waals surface area contributed by atoms with E-state index in [4.69, 9.17) is 4.42 Å². The molecule has 3 heterocycles. The van der Waals surface area contributed by atoms with Crippen LogP contribution in [-0.4, -0.2) is 41.9 Å². The van der Waals surface area contributed by atoms with Crippen LogP contribution in [-0.2, 0) is 29.7 Å². The second-order valence-electron chi connectivity index (χ2n) is 6.26. The first-order valence-corrected chi connectivity index (χ1v) is 9.92. The van der Waals surface area contributed by atoms with E-state index >= 15 is 0 Å². The van der Waals surface area contributed by atoms with Gasteiger partial charge in [0.25, 0.3) is 0 Å². The maximum Gasteiger partial charge on any atom is 0.211 e. The standard InChI is InChI=1S/C16H24N4O3S/c1-2-24(21,22)18-7-3-14-9-19(10-15-5-8-23-13-15)12-16-4-6-17-20(16)11-14/h4-6,8,13-14,18H,2-3,7,9-12H2,1H3/t14-/m1/s1. The number of fused-ring (bicyclic) bond motifs is 1. The second-order valence-corrected chi connectivity index (χ2v) is 8.35. The van der Waals surface area contributed by atoms with Crippen molar-refractivity contribution >= 4 is 10.0 Å². The summed E-state index contributed by atoms with van der Waals surface area (Å²) in [4.78, 5) is 2.37. The Morgan fingerprint density at radius 3 is 3.00 bits per heavy atom. The SMILES string of the molecule is CCS(=O)(=O)NCC[C@@H]1CN(Cc2ccoc2)Cc2ccnn2C1. The van der Waals surface area contributed by atoms with Gasteiger partial charge in [0.15, 0.2) is 0 Å². The van der Waals surface area contributed by atoms with Crippen molar-refractivity contribution in [3.8, 4) is 0 Å². The van der Waals surface area contributed by atoms with E-state index in [1.54, 1.807) is 19.5 Å². The molecule has 0 saturated heterocycles. The van der Waals surface area contributed by atoms with Gasteiger partial charge in [-0.05, 0) is 31.4 Å². The zero-order chi connectivity index (χ0) is 17.0. The predicted octanol–water partition coefficient (Wildman–Crippen LogP) is 1.44. The fraction of sp³-hybridized carbons (Fsp3) is 0.562. The summed E-state index contributed by atoms with van der Waals surface area (Å²) in [5.41, 5.74) is 2.34. The molecule has 0 spiro atoms. The van der Waals surface area contributed by atoms with E-state index in [2.05, 4.69) is 14.7 Å². The van der Waals surface area contributed by atoms with Crippen LogP contribution in [0.1, 0.15) is 24.6 Å². The highest BCUT2D eigenvalue weighted by atomic mass is 32.2. The van der Waals surface area contributed by atoms with Crippen molar-refractivity contribution < 1.29 is 12.8 Å². The lowest BCUT2D eigenvalue weighted by Gasteiger charge is -2.23. The van der Waals surface area contributed by atoms with Gasteiger partial charge in [0.05, 0.1) is 24.0 Å². The first kappa shape index (κ1) is 17.2. The van der Waals surface area contributed by atoms with Crippen LogP contribution in [0.15, 0.2) is 35.3 Å². The van der Waals surface area contributed by atoms with Gasteiger partial charge in [-0.3, -0.25) is 9.58 Å². The lowest BCUT2D eigenvalue weighted by molar-refractivity contribution is 0.215. The molecule has 0 fully saturated rings. The van der Waals surface area contributed by atoms with E-state index < -0.39 is 10.0 Å². The normalized spacial score (nSPS) is 19.1. The first-order chi connectivity index (χ1) is 11.6. The van der Waals surface area contributed by atoms with E-state index in [1.807, 2.05) is 23.0 Å². The highest BCUT2D eigenvalue weighted by Crippen LogP contribution is 2.20. The third kappa shape index (κ3) is 4.46. The molecule has 1 atom stereocenters. The third-order valence-corrected chi connectivity index (χ3v) is 5.78. The maximum atomic E-state index is 11.6. The second kappa shape index (κ2) is 7.50. The Morgan fingerprint density at radius 1 is 1.38 bits per heavy atom. The van der Waals surface area contributed by atoms with Crippen LogP contribution in [0.5, 0.6) is 0 Å². The van der Waals surface area contributed by atoms with Gasteiger partial charge in [-0.25, -0.2) is 13.1 Å². The number of hydrogen-bond acceptors (Lipinski definition) is 5. The number of hydrogen-bond donors (Lipinski definition) is 1. The van der Waals surface area contributed by atoms with Crippen LogP contribution < -0.4 is 4.72 Å². The molecule has 0 aromatic carbocycles. The van der Waals surface area contributed by atoms with Gasteiger partial charge in [-0.1, -0.05) is 0 Å². The topological polar surface area (TPSA) is 80.4 Å². The smallest absolute Gasteiger partial charge is 0.211 e. The van der Waals surface area contributed by atoms with E-state index in [1.165, 1.54) is 5.69 Å². The van der Waals surface area contributed by atoms with Gasteiger partial charge in [0, 0.05) is 44.5 Å². The summed E-state index contributed by atoms with van der Waals surface area (Å²) in [6, 6.07) is 4.02. The number of rotatable bonds is 7. The molecule has 1 N–H and O–H groups in total. The number of aromatic nitrogens is 2. The van der Waals surface area contributed by atoms with Gasteiger partial charge in [-0.2, -0.15) is 5.10 Å². The fourth-order valence-electron chi connectivity index (χ4n) is 3.08. The highest BCUT2D eigenvalue weighted by molar-refractivity contribution is 7.89. The van der Waals surface area contributed by atoms with E-state index in [0.29, 0.717) is 12.5 Å². The number of nitrogens with one attached hydrogen (secondary N) is 1. The molecular weight excluding hydrogens is 328 g/mol. The Morgan fingerprint density at radius 2 is 2.25 bits per heavy atom. The molecule has 1 aliphatic heterocycles. The molecule has 0 unspecified atom stereocenters. The molecular formula is C16H24N4O3S. The van der Waals surface area contributed by atoms with E-state index in [-0.39, 0.29) is 5.75 Å². The molecule has 7 nitrogen and oxygen atoms in total. The van der Waals surface area contributed by atoms with Crippen molar-refractivity contribution in [1.82, 2.24) is 19.4 Å². The summed E-state index contributed by atoms with van der Waals surface area (Å²) in [5, 5.41) is 4.40. The lowest BCUT2D eigenvalue weighted by atomic mass is 10.1. The van der Waals surface area contributed by atoms with E-state index in [0.717, 1.165) is 38.2 Å². The van der Waals surface area contributed by atoms with Gasteiger partial charge >= 0.3 is 0 Å². The Balaban J connectivity index is 1.65. The summed E-state index contributed by atoms with van der Waals surface area (Å²) in [7, 11) is -3.13. The summed E-state index contributed by atoms with van der Waals surface area (Å²) >= 11 is 0. The molecule has 0 aliphatic carbocycles. The molecule has 8 heteroatoms. The number of nitrogens with zero attached hydrogens (tertiary/aromatic N) is 3. The molecule has 24 heavy (non-hydrogen) atoms. The number of furan rings is 1. The van der Waals surface area contributed by atoms with Crippen molar-refractivity contribution in [3.05, 3.63) is 42.1 Å². The van der Waals surface area contributed by atoms with E-state index in [9.17, 15) is 8.42 Å². The fourth-order valence-corrected chi connectivity index (χ4v) is 3.72. The minimum Gasteiger partial charge on any atom is -0.472 e. The highest BCUT2D eigenvalue weighted by Gasteiger charge is 2.23. The largest absolute Gasteiger partial charge is 0.472 e. The molecule has 0 amide bonds. The van der Waals surface area contributed by atoms with Gasteiger partial charge in [-0.15, -0.1) is 0 Å². The van der Waals surface area contributed by atoms with Crippen LogP contribution in [0.4, 0.5) is 0 Å². The molecule has 132 valence electrons. The monoisotopic (exact) mass is 352 g/mol. The summed E-state index contributed by atoms with van der Waals surface area (Å²) < 4.78 is 33.0. The third-order valence-electron chi connectivity index (χ3n) is 4.38. The predicted molar refractivity (Wildman–Crippen MR) is 90.6 cm³/mol.